The van der Waals surface area contributed by atoms with Gasteiger partial charge in [-0.2, -0.15) is 4.98 Å². The van der Waals surface area contributed by atoms with E-state index in [-0.39, 0.29) is 17.5 Å². The van der Waals surface area contributed by atoms with Crippen LogP contribution in [0.1, 0.15) is 19.0 Å². The minimum absolute atomic E-state index is 0.0494. The SMILES string of the molecule is CCN(c1nc(C)cc(N(C)c2ccccc2)n1)C1CCS(=O)(=O)C1. The molecule has 1 aromatic heterocycles. The second kappa shape index (κ2) is 7.00. The zero-order valence-corrected chi connectivity index (χ0v) is 15.7. The molecule has 1 atom stereocenters. The Hall–Kier alpha value is -2.15. The van der Waals surface area contributed by atoms with Gasteiger partial charge in [0.1, 0.15) is 5.82 Å². The number of anilines is 3. The van der Waals surface area contributed by atoms with Crippen LogP contribution in [-0.2, 0) is 9.84 Å². The molecule has 1 unspecified atom stereocenters. The molecular weight excluding hydrogens is 336 g/mol. The molecule has 25 heavy (non-hydrogen) atoms. The van der Waals surface area contributed by atoms with E-state index in [4.69, 9.17) is 4.98 Å². The van der Waals surface area contributed by atoms with Crippen LogP contribution in [-0.4, -0.2) is 49.5 Å². The Morgan fingerprint density at radius 1 is 1.20 bits per heavy atom. The van der Waals surface area contributed by atoms with E-state index in [1.54, 1.807) is 0 Å². The third-order valence-electron chi connectivity index (χ3n) is 4.56. The number of sulfone groups is 1. The lowest BCUT2D eigenvalue weighted by Crippen LogP contribution is -2.37. The summed E-state index contributed by atoms with van der Waals surface area (Å²) in [6, 6.07) is 11.9. The molecule has 134 valence electrons. The van der Waals surface area contributed by atoms with Gasteiger partial charge in [0.05, 0.1) is 11.5 Å². The van der Waals surface area contributed by atoms with Crippen molar-refractivity contribution in [1.29, 1.82) is 0 Å². The first-order chi connectivity index (χ1) is 11.9. The number of benzene rings is 1. The maximum Gasteiger partial charge on any atom is 0.227 e. The minimum Gasteiger partial charge on any atom is -0.337 e. The highest BCUT2D eigenvalue weighted by molar-refractivity contribution is 7.91. The summed E-state index contributed by atoms with van der Waals surface area (Å²) in [5.74, 6) is 1.83. The lowest BCUT2D eigenvalue weighted by atomic mass is 10.2. The summed E-state index contributed by atoms with van der Waals surface area (Å²) in [6.45, 7) is 4.63. The first-order valence-corrected chi connectivity index (χ1v) is 10.3. The van der Waals surface area contributed by atoms with Gasteiger partial charge in [-0.3, -0.25) is 0 Å². The van der Waals surface area contributed by atoms with Crippen molar-refractivity contribution in [1.82, 2.24) is 9.97 Å². The molecule has 0 radical (unpaired) electrons. The second-order valence-electron chi connectivity index (χ2n) is 6.40. The summed E-state index contributed by atoms with van der Waals surface area (Å²) in [5.41, 5.74) is 1.90. The molecule has 6 nitrogen and oxygen atoms in total. The maximum atomic E-state index is 11.8. The molecule has 2 aromatic rings. The van der Waals surface area contributed by atoms with Crippen LogP contribution >= 0.6 is 0 Å². The van der Waals surface area contributed by atoms with Crippen LogP contribution in [0.3, 0.4) is 0 Å². The molecule has 7 heteroatoms. The van der Waals surface area contributed by atoms with Crippen molar-refractivity contribution in [2.45, 2.75) is 26.3 Å². The lowest BCUT2D eigenvalue weighted by molar-refractivity contribution is 0.599. The third kappa shape index (κ3) is 3.92. The molecule has 3 rings (SSSR count). The Morgan fingerprint density at radius 3 is 2.52 bits per heavy atom. The second-order valence-corrected chi connectivity index (χ2v) is 8.63. The predicted octanol–water partition coefficient (Wildman–Crippen LogP) is 2.57. The van der Waals surface area contributed by atoms with E-state index in [1.807, 2.05) is 67.1 Å². The molecule has 1 saturated heterocycles. The van der Waals surface area contributed by atoms with Gasteiger partial charge in [0, 0.05) is 37.1 Å². The lowest BCUT2D eigenvalue weighted by Gasteiger charge is -2.28. The van der Waals surface area contributed by atoms with Crippen molar-refractivity contribution in [3.63, 3.8) is 0 Å². The standard InChI is InChI=1S/C18H24N4O2S/c1-4-22(16-10-11-25(23,24)13-16)18-19-14(2)12-17(20-18)21(3)15-8-6-5-7-9-15/h5-9,12,16H,4,10-11,13H2,1-3H3. The number of para-hydroxylation sites is 1. The number of aromatic nitrogens is 2. The molecule has 1 aromatic carbocycles. The quantitative estimate of drug-likeness (QED) is 0.816. The molecule has 0 N–H and O–H groups in total. The first-order valence-electron chi connectivity index (χ1n) is 8.51. The Bertz CT molecular complexity index is 839. The largest absolute Gasteiger partial charge is 0.337 e. The first kappa shape index (κ1) is 17.7. The average Bonchev–Trinajstić information content (AvgIpc) is 2.95. The van der Waals surface area contributed by atoms with Gasteiger partial charge in [0.2, 0.25) is 5.95 Å². The monoisotopic (exact) mass is 360 g/mol. The van der Waals surface area contributed by atoms with Gasteiger partial charge < -0.3 is 9.80 Å². The smallest absolute Gasteiger partial charge is 0.227 e. The normalized spacial score (nSPS) is 18.9. The van der Waals surface area contributed by atoms with Crippen LogP contribution in [0.5, 0.6) is 0 Å². The minimum atomic E-state index is -2.95. The number of rotatable bonds is 5. The molecule has 1 aliphatic rings. The molecule has 2 heterocycles. The summed E-state index contributed by atoms with van der Waals surface area (Å²) in [6.07, 6.45) is 0.636. The van der Waals surface area contributed by atoms with Gasteiger partial charge in [0.25, 0.3) is 0 Å². The van der Waals surface area contributed by atoms with Gasteiger partial charge in [-0.1, -0.05) is 18.2 Å². The summed E-state index contributed by atoms with van der Waals surface area (Å²) in [4.78, 5) is 13.3. The number of hydrogen-bond donors (Lipinski definition) is 0. The van der Waals surface area contributed by atoms with Crippen molar-refractivity contribution >= 4 is 27.3 Å². The van der Waals surface area contributed by atoms with E-state index in [1.165, 1.54) is 0 Å². The van der Waals surface area contributed by atoms with Crippen LogP contribution < -0.4 is 9.80 Å². The van der Waals surface area contributed by atoms with E-state index in [0.717, 1.165) is 17.2 Å². The molecule has 0 spiro atoms. The van der Waals surface area contributed by atoms with E-state index in [9.17, 15) is 8.42 Å². The Balaban J connectivity index is 1.93. The number of nitrogens with zero attached hydrogens (tertiary/aromatic N) is 4. The van der Waals surface area contributed by atoms with E-state index in [0.29, 0.717) is 18.9 Å². The fourth-order valence-electron chi connectivity index (χ4n) is 3.20. The summed E-state index contributed by atoms with van der Waals surface area (Å²) >= 11 is 0. The highest BCUT2D eigenvalue weighted by Gasteiger charge is 2.33. The van der Waals surface area contributed by atoms with Crippen molar-refractivity contribution in [3.05, 3.63) is 42.1 Å². The maximum absolute atomic E-state index is 11.8. The van der Waals surface area contributed by atoms with E-state index >= 15 is 0 Å². The van der Waals surface area contributed by atoms with Crippen LogP contribution in [0.25, 0.3) is 0 Å². The third-order valence-corrected chi connectivity index (χ3v) is 6.31. The fourth-order valence-corrected chi connectivity index (χ4v) is 4.94. The summed E-state index contributed by atoms with van der Waals surface area (Å²) in [7, 11) is -0.976. The Morgan fingerprint density at radius 2 is 1.92 bits per heavy atom. The van der Waals surface area contributed by atoms with E-state index in [2.05, 4.69) is 4.98 Å². The molecule has 1 aliphatic heterocycles. The van der Waals surface area contributed by atoms with Crippen molar-refractivity contribution in [2.75, 3.05) is 34.9 Å². The van der Waals surface area contributed by atoms with Crippen LogP contribution in [0.4, 0.5) is 17.5 Å². The van der Waals surface area contributed by atoms with Crippen molar-refractivity contribution in [3.8, 4) is 0 Å². The van der Waals surface area contributed by atoms with Crippen LogP contribution in [0.15, 0.2) is 36.4 Å². The molecule has 0 saturated carbocycles. The topological polar surface area (TPSA) is 66.4 Å². The zero-order valence-electron chi connectivity index (χ0n) is 14.9. The van der Waals surface area contributed by atoms with Crippen molar-refractivity contribution in [2.24, 2.45) is 0 Å². The fraction of sp³-hybridized carbons (Fsp3) is 0.444. The number of hydrogen-bond acceptors (Lipinski definition) is 6. The zero-order chi connectivity index (χ0) is 18.0. The van der Waals surface area contributed by atoms with E-state index < -0.39 is 9.84 Å². The van der Waals surface area contributed by atoms with Gasteiger partial charge in [-0.05, 0) is 32.4 Å². The highest BCUT2D eigenvalue weighted by Crippen LogP contribution is 2.26. The number of aryl methyl sites for hydroxylation is 1. The molecule has 0 amide bonds. The van der Waals surface area contributed by atoms with Crippen LogP contribution in [0, 0.1) is 6.92 Å². The van der Waals surface area contributed by atoms with Crippen molar-refractivity contribution < 1.29 is 8.42 Å². The Labute approximate surface area is 149 Å². The van der Waals surface area contributed by atoms with Gasteiger partial charge in [-0.25, -0.2) is 13.4 Å². The highest BCUT2D eigenvalue weighted by atomic mass is 32.2. The average molecular weight is 360 g/mol. The molecule has 0 bridgehead atoms. The molecule has 0 aliphatic carbocycles. The predicted molar refractivity (Wildman–Crippen MR) is 101 cm³/mol. The summed E-state index contributed by atoms with van der Waals surface area (Å²) < 4.78 is 23.7. The summed E-state index contributed by atoms with van der Waals surface area (Å²) in [5, 5.41) is 0. The Kier molecular flexibility index (Phi) is 4.94. The van der Waals surface area contributed by atoms with Crippen LogP contribution in [0.2, 0.25) is 0 Å². The molecular formula is C18H24N4O2S. The molecule has 1 fully saturated rings. The van der Waals surface area contributed by atoms with Gasteiger partial charge in [-0.15, -0.1) is 0 Å². The van der Waals surface area contributed by atoms with Gasteiger partial charge in [0.15, 0.2) is 9.84 Å². The van der Waals surface area contributed by atoms with Gasteiger partial charge >= 0.3 is 0 Å².